The van der Waals surface area contributed by atoms with Gasteiger partial charge in [-0.15, -0.1) is 0 Å². The molecule has 4 aromatic carbocycles. The number of hydrogen-bond donors (Lipinski definition) is 3. The molecule has 348 valence electrons. The van der Waals surface area contributed by atoms with Crippen molar-refractivity contribution in [3.05, 3.63) is 138 Å². The summed E-state index contributed by atoms with van der Waals surface area (Å²) in [4.78, 5) is 50.4. The molecule has 9 nitrogen and oxygen atoms in total. The summed E-state index contributed by atoms with van der Waals surface area (Å²) >= 11 is 24.4. The Morgan fingerprint density at radius 2 is 0.844 bits per heavy atom. The van der Waals surface area contributed by atoms with E-state index in [2.05, 4.69) is 52.2 Å². The fourth-order valence-electron chi connectivity index (χ4n) is 6.51. The van der Waals surface area contributed by atoms with Crippen LogP contribution in [0.25, 0.3) is 0 Å². The van der Waals surface area contributed by atoms with Gasteiger partial charge < -0.3 is 25.8 Å². The van der Waals surface area contributed by atoms with Gasteiger partial charge in [-0.1, -0.05) is 112 Å². The first-order chi connectivity index (χ1) is 29.7. The number of hydrogen-bond acceptors (Lipinski definition) is 7. The average molecular weight is 958 g/mol. The van der Waals surface area contributed by atoms with E-state index in [1.54, 1.807) is 74.5 Å². The SMILES string of the molecule is CC(C)OC(=O)c1ccc([C@@H](CCC(C)(C)C)NC(=O)C(C)c2cc(Cl)cc(Cl)c2)cc1.CC(C)OC(=O)c1ccc([C@@H](CCC(C)(C)C)NC(=O)C(N)c2cc(Cl)cc(Cl)c2)cc1. The van der Waals surface area contributed by atoms with E-state index < -0.39 is 12.0 Å². The zero-order valence-corrected chi connectivity index (χ0v) is 41.9. The van der Waals surface area contributed by atoms with Crippen LogP contribution in [-0.4, -0.2) is 36.0 Å². The molecule has 0 radical (unpaired) electrons. The van der Waals surface area contributed by atoms with E-state index in [1.807, 2.05) is 45.0 Å². The molecule has 0 fully saturated rings. The maximum Gasteiger partial charge on any atom is 0.338 e. The molecule has 0 aliphatic rings. The van der Waals surface area contributed by atoms with Crippen molar-refractivity contribution in [2.45, 2.75) is 138 Å². The third kappa shape index (κ3) is 18.8. The van der Waals surface area contributed by atoms with E-state index in [9.17, 15) is 19.2 Å². The first-order valence-corrected chi connectivity index (χ1v) is 23.1. The zero-order valence-electron chi connectivity index (χ0n) is 38.9. The molecule has 4 aromatic rings. The van der Waals surface area contributed by atoms with Crippen molar-refractivity contribution < 1.29 is 28.7 Å². The monoisotopic (exact) mass is 955 g/mol. The molecule has 0 aliphatic carbocycles. The maximum atomic E-state index is 13.1. The lowest BCUT2D eigenvalue weighted by Gasteiger charge is -2.26. The number of carbonyl (C=O) groups is 4. The molecule has 0 saturated carbocycles. The second-order valence-electron chi connectivity index (χ2n) is 19.1. The molecule has 4 atom stereocenters. The van der Waals surface area contributed by atoms with E-state index >= 15 is 0 Å². The van der Waals surface area contributed by atoms with Crippen LogP contribution in [0, 0.1) is 10.8 Å². The lowest BCUT2D eigenvalue weighted by molar-refractivity contribution is -0.124. The highest BCUT2D eigenvalue weighted by Crippen LogP contribution is 2.32. The van der Waals surface area contributed by atoms with Crippen molar-refractivity contribution in [1.29, 1.82) is 0 Å². The summed E-state index contributed by atoms with van der Waals surface area (Å²) in [6, 6.07) is 23.0. The molecule has 0 spiro atoms. The highest BCUT2D eigenvalue weighted by molar-refractivity contribution is 6.35. The number of ether oxygens (including phenoxy) is 2. The molecule has 2 amide bonds. The summed E-state index contributed by atoms with van der Waals surface area (Å²) < 4.78 is 10.5. The number of rotatable bonds is 16. The second-order valence-corrected chi connectivity index (χ2v) is 20.8. The van der Waals surface area contributed by atoms with Gasteiger partial charge in [-0.25, -0.2) is 9.59 Å². The van der Waals surface area contributed by atoms with Crippen LogP contribution in [0.1, 0.15) is 169 Å². The Morgan fingerprint density at radius 1 is 0.516 bits per heavy atom. The molecule has 0 aromatic heterocycles. The molecule has 13 heteroatoms. The van der Waals surface area contributed by atoms with Crippen molar-refractivity contribution in [3.8, 4) is 0 Å². The van der Waals surface area contributed by atoms with Gasteiger partial charge >= 0.3 is 11.9 Å². The first kappa shape index (κ1) is 54.2. The van der Waals surface area contributed by atoms with E-state index in [0.717, 1.165) is 36.0 Å². The smallest absolute Gasteiger partial charge is 0.338 e. The summed E-state index contributed by atoms with van der Waals surface area (Å²) in [5.41, 5.74) is 10.5. The Hall–Kier alpha value is -4.12. The van der Waals surface area contributed by atoms with Gasteiger partial charge in [0.25, 0.3) is 0 Å². The van der Waals surface area contributed by atoms with Gasteiger partial charge in [0.15, 0.2) is 0 Å². The predicted molar refractivity (Wildman–Crippen MR) is 261 cm³/mol. The van der Waals surface area contributed by atoms with Crippen LogP contribution in [0.15, 0.2) is 84.9 Å². The number of nitrogens with one attached hydrogen (secondary N) is 2. The fourth-order valence-corrected chi connectivity index (χ4v) is 7.59. The van der Waals surface area contributed by atoms with Gasteiger partial charge in [0, 0.05) is 20.1 Å². The van der Waals surface area contributed by atoms with E-state index in [-0.39, 0.29) is 58.9 Å². The minimum atomic E-state index is -0.913. The highest BCUT2D eigenvalue weighted by Gasteiger charge is 2.26. The van der Waals surface area contributed by atoms with Crippen LogP contribution in [0.2, 0.25) is 20.1 Å². The Labute approximate surface area is 400 Å². The Kier molecular flexibility index (Phi) is 20.7. The van der Waals surface area contributed by atoms with Gasteiger partial charge in [-0.2, -0.15) is 0 Å². The number of amides is 2. The van der Waals surface area contributed by atoms with Crippen molar-refractivity contribution in [3.63, 3.8) is 0 Å². The molecule has 0 aliphatic heterocycles. The topological polar surface area (TPSA) is 137 Å². The molecule has 0 bridgehead atoms. The molecular weight excluding hydrogens is 892 g/mol. The Balaban J connectivity index is 0.000000340. The van der Waals surface area contributed by atoms with Crippen molar-refractivity contribution in [2.24, 2.45) is 16.6 Å². The van der Waals surface area contributed by atoms with Crippen LogP contribution >= 0.6 is 46.4 Å². The highest BCUT2D eigenvalue weighted by atomic mass is 35.5. The number of halogens is 4. The molecule has 4 rings (SSSR count). The van der Waals surface area contributed by atoms with Gasteiger partial charge in [0.05, 0.1) is 41.3 Å². The molecule has 64 heavy (non-hydrogen) atoms. The predicted octanol–water partition coefficient (Wildman–Crippen LogP) is 13.6. The molecule has 2 unspecified atom stereocenters. The van der Waals surface area contributed by atoms with Gasteiger partial charge in [0.2, 0.25) is 11.8 Å². The summed E-state index contributed by atoms with van der Waals surface area (Å²) in [6.45, 7) is 22.1. The van der Waals surface area contributed by atoms with Crippen LogP contribution in [-0.2, 0) is 19.1 Å². The Morgan fingerprint density at radius 3 is 1.17 bits per heavy atom. The molecule has 0 saturated heterocycles. The lowest BCUT2D eigenvalue weighted by atomic mass is 9.86. The van der Waals surface area contributed by atoms with Crippen LogP contribution in [0.3, 0.4) is 0 Å². The van der Waals surface area contributed by atoms with Crippen LogP contribution < -0.4 is 16.4 Å². The lowest BCUT2D eigenvalue weighted by Crippen LogP contribution is -2.37. The third-order valence-corrected chi connectivity index (χ3v) is 11.0. The Bertz CT molecular complexity index is 1990. The molecule has 0 heterocycles. The van der Waals surface area contributed by atoms with Crippen molar-refractivity contribution in [2.75, 3.05) is 0 Å². The number of nitrogens with two attached hydrogens (primary N) is 1. The van der Waals surface area contributed by atoms with E-state index in [0.29, 0.717) is 43.2 Å². The average Bonchev–Trinajstić information content (AvgIpc) is 3.18. The molecule has 4 N–H and O–H groups in total. The van der Waals surface area contributed by atoms with Gasteiger partial charge in [-0.3, -0.25) is 9.59 Å². The largest absolute Gasteiger partial charge is 0.459 e. The van der Waals surface area contributed by atoms with E-state index in [4.69, 9.17) is 61.6 Å². The van der Waals surface area contributed by atoms with Gasteiger partial charge in [-0.05, 0) is 154 Å². The van der Waals surface area contributed by atoms with Crippen LogP contribution in [0.5, 0.6) is 0 Å². The number of carbonyl (C=O) groups excluding carboxylic acids is 4. The maximum absolute atomic E-state index is 13.1. The van der Waals surface area contributed by atoms with Crippen LogP contribution in [0.4, 0.5) is 0 Å². The number of benzene rings is 4. The molecular formula is C51H65Cl4N3O6. The fraction of sp³-hybridized carbons (Fsp3) is 0.451. The van der Waals surface area contributed by atoms with E-state index in [1.165, 1.54) is 0 Å². The first-order valence-electron chi connectivity index (χ1n) is 21.6. The normalized spacial score (nSPS) is 13.5. The number of esters is 2. The van der Waals surface area contributed by atoms with Gasteiger partial charge in [0.1, 0.15) is 6.04 Å². The standard InChI is InChI=1S/C26H33Cl2NO3.C25H32Cl2N2O3/c1-16(2)32-25(31)19-9-7-18(8-10-19)23(11-12-26(4,5)6)29-24(30)17(3)20-13-21(27)15-22(28)14-20;1-15(2)32-24(31)17-8-6-16(7-9-17)21(10-11-25(3,4)5)29-23(30)22(28)18-12-19(26)14-20(27)13-18/h7-10,13-17,23H,11-12H2,1-6H3,(H,29,30);6-9,12-15,21-22H,10-11,28H2,1-5H3,(H,29,30)/t17?,23-;21-,22?/m11/s1. The van der Waals surface area contributed by atoms with Crippen molar-refractivity contribution >= 4 is 70.2 Å². The summed E-state index contributed by atoms with van der Waals surface area (Å²) in [5, 5.41) is 8.08. The summed E-state index contributed by atoms with van der Waals surface area (Å²) in [6.07, 6.45) is 2.92. The zero-order chi connectivity index (χ0) is 48.1. The minimum Gasteiger partial charge on any atom is -0.459 e. The quantitative estimate of drug-likeness (QED) is 0.0951. The van der Waals surface area contributed by atoms with Crippen molar-refractivity contribution in [1.82, 2.24) is 10.6 Å². The summed E-state index contributed by atoms with van der Waals surface area (Å²) in [7, 11) is 0. The third-order valence-electron chi connectivity index (χ3n) is 10.1. The second kappa shape index (κ2) is 24.4. The summed E-state index contributed by atoms with van der Waals surface area (Å²) in [5.74, 6) is -1.57. The minimum absolute atomic E-state index is 0.0899.